The fourth-order valence-electron chi connectivity index (χ4n) is 1.52. The van der Waals surface area contributed by atoms with E-state index >= 15 is 0 Å². The van der Waals surface area contributed by atoms with Crippen molar-refractivity contribution in [2.24, 2.45) is 0 Å². The highest BCUT2D eigenvalue weighted by Gasteiger charge is 1.98. The van der Waals surface area contributed by atoms with Gasteiger partial charge in [0.1, 0.15) is 0 Å². The van der Waals surface area contributed by atoms with Crippen LogP contribution in [0.3, 0.4) is 0 Å². The Morgan fingerprint density at radius 2 is 1.94 bits per heavy atom. The maximum absolute atomic E-state index is 5.94. The second-order valence-corrected chi connectivity index (χ2v) is 6.17. The molecule has 18 heavy (non-hydrogen) atoms. The van der Waals surface area contributed by atoms with Crippen LogP contribution in [0.1, 0.15) is 0 Å². The van der Waals surface area contributed by atoms with Gasteiger partial charge in [0.15, 0.2) is 0 Å². The van der Waals surface area contributed by atoms with E-state index < -0.39 is 0 Å². The summed E-state index contributed by atoms with van der Waals surface area (Å²) in [4.78, 5) is 1.21. The molecule has 0 aliphatic heterocycles. The number of benzene rings is 2. The maximum atomic E-state index is 5.94. The Balaban J connectivity index is 1.78. The van der Waals surface area contributed by atoms with Gasteiger partial charge < -0.3 is 5.32 Å². The van der Waals surface area contributed by atoms with Gasteiger partial charge in [-0.25, -0.2) is 0 Å². The van der Waals surface area contributed by atoms with Crippen LogP contribution in [0.25, 0.3) is 0 Å². The molecule has 0 fully saturated rings. The molecule has 0 saturated heterocycles. The third-order valence-electron chi connectivity index (χ3n) is 2.36. The van der Waals surface area contributed by atoms with E-state index in [2.05, 4.69) is 33.4 Å². The normalized spacial score (nSPS) is 10.3. The van der Waals surface area contributed by atoms with Gasteiger partial charge in [-0.05, 0) is 46.3 Å². The van der Waals surface area contributed by atoms with Crippen molar-refractivity contribution in [2.45, 2.75) is 4.90 Å². The molecule has 1 N–H and O–H groups in total. The minimum Gasteiger partial charge on any atom is -0.383 e. The van der Waals surface area contributed by atoms with Gasteiger partial charge in [-0.1, -0.05) is 29.8 Å². The Labute approximate surface area is 125 Å². The fourth-order valence-corrected chi connectivity index (χ4v) is 3.02. The maximum Gasteiger partial charge on any atom is 0.0484 e. The average molecular weight is 343 g/mol. The summed E-state index contributed by atoms with van der Waals surface area (Å²) in [6.45, 7) is 0.916. The first-order valence-corrected chi connectivity index (χ1v) is 7.78. The third kappa shape index (κ3) is 4.23. The Kier molecular flexibility index (Phi) is 5.42. The summed E-state index contributed by atoms with van der Waals surface area (Å²) < 4.78 is 1.10. The van der Waals surface area contributed by atoms with Crippen LogP contribution in [0, 0.1) is 0 Å². The molecular formula is C14H13BrClNS. The van der Waals surface area contributed by atoms with Gasteiger partial charge in [0.25, 0.3) is 0 Å². The van der Waals surface area contributed by atoms with Crippen LogP contribution in [-0.4, -0.2) is 12.3 Å². The second-order valence-electron chi connectivity index (χ2n) is 3.71. The van der Waals surface area contributed by atoms with E-state index in [0.717, 1.165) is 27.5 Å². The molecule has 2 aromatic carbocycles. The molecular weight excluding hydrogens is 330 g/mol. The summed E-state index contributed by atoms with van der Waals surface area (Å²) in [5.74, 6) is 1.00. The zero-order valence-electron chi connectivity index (χ0n) is 9.70. The Bertz CT molecular complexity index is 519. The molecule has 0 heterocycles. The van der Waals surface area contributed by atoms with Crippen LogP contribution in [-0.2, 0) is 0 Å². The highest BCUT2D eigenvalue weighted by molar-refractivity contribution is 9.10. The lowest BCUT2D eigenvalue weighted by molar-refractivity contribution is 1.22. The van der Waals surface area contributed by atoms with E-state index in [9.17, 15) is 0 Å². The third-order valence-corrected chi connectivity index (χ3v) is 4.28. The summed E-state index contributed by atoms with van der Waals surface area (Å²) in [5, 5.41) is 4.19. The van der Waals surface area contributed by atoms with Gasteiger partial charge in [0, 0.05) is 32.4 Å². The molecule has 0 saturated carbocycles. The van der Waals surface area contributed by atoms with Gasteiger partial charge in [0.05, 0.1) is 0 Å². The standard InChI is InChI=1S/C14H13BrClNS/c15-13-6-1-2-7-14(13)17-8-9-18-12-5-3-4-11(16)10-12/h1-7,10,17H,8-9H2. The Morgan fingerprint density at radius 1 is 1.11 bits per heavy atom. The predicted octanol–water partition coefficient (Wildman–Crippen LogP) is 5.31. The quantitative estimate of drug-likeness (QED) is 0.584. The second kappa shape index (κ2) is 7.07. The van der Waals surface area contributed by atoms with Crippen molar-refractivity contribution in [2.75, 3.05) is 17.6 Å². The molecule has 2 rings (SSSR count). The number of rotatable bonds is 5. The van der Waals surface area contributed by atoms with Crippen molar-refractivity contribution < 1.29 is 0 Å². The summed E-state index contributed by atoms with van der Waals surface area (Å²) in [6.07, 6.45) is 0. The van der Waals surface area contributed by atoms with E-state index in [1.807, 2.05) is 36.4 Å². The minimum atomic E-state index is 0.791. The SMILES string of the molecule is Clc1cccc(SCCNc2ccccc2Br)c1. The van der Waals surface area contributed by atoms with E-state index in [1.165, 1.54) is 4.90 Å². The van der Waals surface area contributed by atoms with E-state index in [4.69, 9.17) is 11.6 Å². The van der Waals surface area contributed by atoms with Crippen LogP contribution in [0.5, 0.6) is 0 Å². The van der Waals surface area contributed by atoms with Crippen LogP contribution in [0.4, 0.5) is 5.69 Å². The van der Waals surface area contributed by atoms with Gasteiger partial charge in [0.2, 0.25) is 0 Å². The summed E-state index contributed by atoms with van der Waals surface area (Å²) in [6, 6.07) is 16.1. The summed E-state index contributed by atoms with van der Waals surface area (Å²) >= 11 is 11.3. The number of nitrogens with one attached hydrogen (secondary N) is 1. The smallest absolute Gasteiger partial charge is 0.0484 e. The topological polar surface area (TPSA) is 12.0 Å². The molecule has 0 aliphatic carbocycles. The molecule has 0 unspecified atom stereocenters. The molecule has 2 aromatic rings. The van der Waals surface area contributed by atoms with Crippen molar-refractivity contribution >= 4 is 45.0 Å². The first kappa shape index (κ1) is 13.8. The van der Waals surface area contributed by atoms with Crippen molar-refractivity contribution in [3.05, 3.63) is 58.0 Å². The van der Waals surface area contributed by atoms with E-state index in [0.29, 0.717) is 0 Å². The molecule has 0 bridgehead atoms. The molecule has 0 atom stereocenters. The summed E-state index contributed by atoms with van der Waals surface area (Å²) in [5.41, 5.74) is 1.13. The summed E-state index contributed by atoms with van der Waals surface area (Å²) in [7, 11) is 0. The van der Waals surface area contributed by atoms with Gasteiger partial charge in [-0.2, -0.15) is 0 Å². The number of anilines is 1. The molecule has 0 spiro atoms. The van der Waals surface area contributed by atoms with Gasteiger partial charge >= 0.3 is 0 Å². The van der Waals surface area contributed by atoms with E-state index in [1.54, 1.807) is 11.8 Å². The fraction of sp³-hybridized carbons (Fsp3) is 0.143. The van der Waals surface area contributed by atoms with Gasteiger partial charge in [-0.15, -0.1) is 11.8 Å². The molecule has 1 nitrogen and oxygen atoms in total. The average Bonchev–Trinajstić information content (AvgIpc) is 2.37. The van der Waals surface area contributed by atoms with Crippen molar-refractivity contribution in [1.82, 2.24) is 0 Å². The first-order valence-electron chi connectivity index (χ1n) is 5.62. The minimum absolute atomic E-state index is 0.791. The number of para-hydroxylation sites is 1. The van der Waals surface area contributed by atoms with E-state index in [-0.39, 0.29) is 0 Å². The zero-order valence-corrected chi connectivity index (χ0v) is 12.9. The lowest BCUT2D eigenvalue weighted by atomic mass is 10.3. The molecule has 0 aliphatic rings. The van der Waals surface area contributed by atoms with Crippen LogP contribution in [0.2, 0.25) is 5.02 Å². The molecule has 4 heteroatoms. The van der Waals surface area contributed by atoms with Crippen molar-refractivity contribution in [3.8, 4) is 0 Å². The molecule has 0 amide bonds. The first-order chi connectivity index (χ1) is 8.75. The Morgan fingerprint density at radius 3 is 2.72 bits per heavy atom. The van der Waals surface area contributed by atoms with Crippen LogP contribution in [0.15, 0.2) is 57.9 Å². The molecule has 0 radical (unpaired) electrons. The monoisotopic (exact) mass is 341 g/mol. The highest BCUT2D eigenvalue weighted by Crippen LogP contribution is 2.23. The zero-order chi connectivity index (χ0) is 12.8. The molecule has 0 aromatic heterocycles. The number of thioether (sulfide) groups is 1. The number of halogens is 2. The number of hydrogen-bond acceptors (Lipinski definition) is 2. The highest BCUT2D eigenvalue weighted by atomic mass is 79.9. The Hall–Kier alpha value is -0.640. The molecule has 94 valence electrons. The van der Waals surface area contributed by atoms with Crippen LogP contribution >= 0.6 is 39.3 Å². The number of hydrogen-bond donors (Lipinski definition) is 1. The van der Waals surface area contributed by atoms with Crippen molar-refractivity contribution in [3.63, 3.8) is 0 Å². The van der Waals surface area contributed by atoms with Gasteiger partial charge in [-0.3, -0.25) is 0 Å². The lowest BCUT2D eigenvalue weighted by Gasteiger charge is -2.08. The van der Waals surface area contributed by atoms with Crippen LogP contribution < -0.4 is 5.32 Å². The largest absolute Gasteiger partial charge is 0.383 e. The predicted molar refractivity (Wildman–Crippen MR) is 84.8 cm³/mol. The lowest BCUT2D eigenvalue weighted by Crippen LogP contribution is -2.04. The van der Waals surface area contributed by atoms with Crippen molar-refractivity contribution in [1.29, 1.82) is 0 Å².